The number of aryl methyl sites for hydroxylation is 1. The molecule has 3 aromatic rings. The van der Waals surface area contributed by atoms with Crippen LogP contribution in [-0.4, -0.2) is 21.9 Å². The molecule has 1 aromatic heterocycles. The fraction of sp³-hybridized carbons (Fsp3) is 0.0870. The van der Waals surface area contributed by atoms with Crippen molar-refractivity contribution in [2.24, 2.45) is 0 Å². The Bertz CT molecular complexity index is 1190. The zero-order chi connectivity index (χ0) is 21.3. The summed E-state index contributed by atoms with van der Waals surface area (Å²) in [6, 6.07) is 16.1. The number of benzene rings is 2. The number of nitrogens with one attached hydrogen (secondary N) is 3. The van der Waals surface area contributed by atoms with Gasteiger partial charge < -0.3 is 10.6 Å². The normalized spacial score (nSPS) is 13.3. The van der Waals surface area contributed by atoms with Gasteiger partial charge in [-0.15, -0.1) is 0 Å². The van der Waals surface area contributed by atoms with E-state index in [4.69, 9.17) is 11.6 Å². The number of hydrogen-bond donors (Lipinski definition) is 3. The monoisotopic (exact) mass is 418 g/mol. The van der Waals surface area contributed by atoms with Crippen LogP contribution in [0.5, 0.6) is 0 Å². The number of Topliss-reactive ketones (excluding diaryl/α,β-unsaturated/α-hetero) is 1. The molecule has 1 aliphatic carbocycles. The largest absolute Gasteiger partial charge is 0.377 e. The van der Waals surface area contributed by atoms with E-state index in [0.29, 0.717) is 39.8 Å². The summed E-state index contributed by atoms with van der Waals surface area (Å²) in [6.45, 7) is 6.25. The predicted octanol–water partition coefficient (Wildman–Crippen LogP) is 4.42. The molecule has 0 spiro atoms. The van der Waals surface area contributed by atoms with Crippen LogP contribution in [0.1, 0.15) is 37.5 Å². The molecule has 0 aliphatic heterocycles. The van der Waals surface area contributed by atoms with Crippen LogP contribution >= 0.6 is 11.6 Å². The van der Waals surface area contributed by atoms with Crippen molar-refractivity contribution in [3.63, 3.8) is 0 Å². The summed E-state index contributed by atoms with van der Waals surface area (Å²) in [5.41, 5.74) is 4.55. The van der Waals surface area contributed by atoms with E-state index in [0.717, 1.165) is 16.8 Å². The van der Waals surface area contributed by atoms with Gasteiger partial charge in [0.1, 0.15) is 5.70 Å². The summed E-state index contributed by atoms with van der Waals surface area (Å²) < 4.78 is 0. The first-order valence-electron chi connectivity index (χ1n) is 9.33. The third kappa shape index (κ3) is 3.77. The summed E-state index contributed by atoms with van der Waals surface area (Å²) in [5.74, 6) is 0.0663. The highest BCUT2D eigenvalue weighted by Crippen LogP contribution is 2.35. The summed E-state index contributed by atoms with van der Waals surface area (Å²) in [6.07, 6.45) is 0. The Morgan fingerprint density at radius 1 is 1.13 bits per heavy atom. The second-order valence-electron chi connectivity index (χ2n) is 6.98. The lowest BCUT2D eigenvalue weighted by molar-refractivity contribution is 0.101. The molecule has 7 heteroatoms. The minimum absolute atomic E-state index is 0.159. The average Bonchev–Trinajstić information content (AvgIpc) is 3.17. The third-order valence-corrected chi connectivity index (χ3v) is 5.26. The molecule has 0 radical (unpaired) electrons. The quantitative estimate of drug-likeness (QED) is 0.572. The molecule has 0 saturated heterocycles. The lowest BCUT2D eigenvalue weighted by atomic mass is 9.90. The van der Waals surface area contributed by atoms with Gasteiger partial charge in [0.05, 0.1) is 5.03 Å². The SMILES string of the molecule is C=C1C(Cl)=C(NCc2ccc(C(=O)Nc3cc(C)[nH]n3)cc2)C(=O)c2ccccc21. The van der Waals surface area contributed by atoms with Crippen molar-refractivity contribution in [2.45, 2.75) is 13.5 Å². The molecule has 0 bridgehead atoms. The van der Waals surface area contributed by atoms with Gasteiger partial charge in [-0.2, -0.15) is 5.10 Å². The highest BCUT2D eigenvalue weighted by atomic mass is 35.5. The van der Waals surface area contributed by atoms with Crippen LogP contribution in [0.4, 0.5) is 5.82 Å². The van der Waals surface area contributed by atoms with Crippen molar-refractivity contribution >= 4 is 34.7 Å². The van der Waals surface area contributed by atoms with Gasteiger partial charge in [0.25, 0.3) is 5.91 Å². The Kier molecular flexibility index (Phi) is 5.25. The molecule has 1 aliphatic rings. The van der Waals surface area contributed by atoms with E-state index in [1.165, 1.54) is 0 Å². The minimum Gasteiger partial charge on any atom is -0.377 e. The number of fused-ring (bicyclic) bond motifs is 1. The van der Waals surface area contributed by atoms with Crippen LogP contribution < -0.4 is 10.6 Å². The first-order valence-corrected chi connectivity index (χ1v) is 9.71. The second-order valence-corrected chi connectivity index (χ2v) is 7.36. The molecule has 1 amide bonds. The van der Waals surface area contributed by atoms with Gasteiger partial charge in [0.2, 0.25) is 5.78 Å². The number of hydrogen-bond acceptors (Lipinski definition) is 4. The molecular formula is C23H19ClN4O2. The Balaban J connectivity index is 1.44. The van der Waals surface area contributed by atoms with Gasteiger partial charge >= 0.3 is 0 Å². The molecule has 0 fully saturated rings. The molecular weight excluding hydrogens is 400 g/mol. The molecule has 4 rings (SSSR count). The number of aromatic amines is 1. The van der Waals surface area contributed by atoms with Crippen LogP contribution in [0, 0.1) is 6.92 Å². The van der Waals surface area contributed by atoms with Crippen LogP contribution in [-0.2, 0) is 6.54 Å². The third-order valence-electron chi connectivity index (χ3n) is 4.84. The van der Waals surface area contributed by atoms with E-state index < -0.39 is 0 Å². The fourth-order valence-corrected chi connectivity index (χ4v) is 3.50. The number of carbonyl (C=O) groups excluding carboxylic acids is 2. The Morgan fingerprint density at radius 3 is 2.50 bits per heavy atom. The van der Waals surface area contributed by atoms with Crippen molar-refractivity contribution in [3.05, 3.63) is 99.9 Å². The maximum atomic E-state index is 12.8. The Labute approximate surface area is 178 Å². The number of amides is 1. The zero-order valence-electron chi connectivity index (χ0n) is 16.3. The van der Waals surface area contributed by atoms with Crippen molar-refractivity contribution in [3.8, 4) is 0 Å². The summed E-state index contributed by atoms with van der Waals surface area (Å²) in [5, 5.41) is 12.9. The zero-order valence-corrected chi connectivity index (χ0v) is 17.0. The Morgan fingerprint density at radius 2 is 1.83 bits per heavy atom. The van der Waals surface area contributed by atoms with Gasteiger partial charge in [-0.05, 0) is 35.8 Å². The number of rotatable bonds is 5. The standard InChI is InChI=1S/C23H19ClN4O2/c1-13-11-19(28-27-13)26-23(30)16-9-7-15(8-10-16)12-25-21-20(24)14(2)17-5-3-4-6-18(17)22(21)29/h3-11,25H,2,12H2,1H3,(H2,26,27,28,30). The van der Waals surface area contributed by atoms with E-state index in [9.17, 15) is 9.59 Å². The first kappa shape index (κ1) is 19.7. The minimum atomic E-state index is -0.248. The van der Waals surface area contributed by atoms with Gasteiger partial charge in [0.15, 0.2) is 5.82 Å². The van der Waals surface area contributed by atoms with Crippen LogP contribution in [0.3, 0.4) is 0 Å². The predicted molar refractivity (Wildman–Crippen MR) is 117 cm³/mol. The summed E-state index contributed by atoms with van der Waals surface area (Å²) in [7, 11) is 0. The number of H-pyrrole nitrogens is 1. The number of carbonyl (C=O) groups is 2. The number of aromatic nitrogens is 2. The van der Waals surface area contributed by atoms with Crippen molar-refractivity contribution < 1.29 is 9.59 Å². The molecule has 0 saturated carbocycles. The number of allylic oxidation sites excluding steroid dienone is 3. The number of ketones is 1. The second kappa shape index (κ2) is 8.00. The molecule has 30 heavy (non-hydrogen) atoms. The fourth-order valence-electron chi connectivity index (χ4n) is 3.24. The van der Waals surface area contributed by atoms with Gasteiger partial charge in [0, 0.05) is 29.4 Å². The molecule has 1 heterocycles. The number of anilines is 1. The van der Waals surface area contributed by atoms with Gasteiger partial charge in [-0.1, -0.05) is 54.6 Å². The van der Waals surface area contributed by atoms with Crippen LogP contribution in [0.25, 0.3) is 5.57 Å². The topological polar surface area (TPSA) is 86.9 Å². The van der Waals surface area contributed by atoms with Gasteiger partial charge in [-0.3, -0.25) is 14.7 Å². The molecule has 3 N–H and O–H groups in total. The van der Waals surface area contributed by atoms with Crippen LogP contribution in [0.15, 0.2) is 71.9 Å². The average molecular weight is 419 g/mol. The van der Waals surface area contributed by atoms with Crippen LogP contribution in [0.2, 0.25) is 0 Å². The van der Waals surface area contributed by atoms with E-state index in [2.05, 4.69) is 27.4 Å². The maximum absolute atomic E-state index is 12.8. The van der Waals surface area contributed by atoms with E-state index in [-0.39, 0.29) is 11.7 Å². The highest BCUT2D eigenvalue weighted by Gasteiger charge is 2.27. The van der Waals surface area contributed by atoms with Crippen molar-refractivity contribution in [1.29, 1.82) is 0 Å². The summed E-state index contributed by atoms with van der Waals surface area (Å²) >= 11 is 6.40. The first-order chi connectivity index (χ1) is 14.4. The van der Waals surface area contributed by atoms with E-state index >= 15 is 0 Å². The maximum Gasteiger partial charge on any atom is 0.256 e. The molecule has 150 valence electrons. The highest BCUT2D eigenvalue weighted by molar-refractivity contribution is 6.41. The smallest absolute Gasteiger partial charge is 0.256 e. The number of halogens is 1. The molecule has 6 nitrogen and oxygen atoms in total. The van der Waals surface area contributed by atoms with Crippen molar-refractivity contribution in [1.82, 2.24) is 15.5 Å². The van der Waals surface area contributed by atoms with Crippen molar-refractivity contribution in [2.75, 3.05) is 5.32 Å². The van der Waals surface area contributed by atoms with E-state index in [1.807, 2.05) is 37.3 Å². The van der Waals surface area contributed by atoms with E-state index in [1.54, 1.807) is 24.3 Å². The Hall–Kier alpha value is -3.64. The number of nitrogens with zero attached hydrogens (tertiary/aromatic N) is 1. The molecule has 0 atom stereocenters. The molecule has 2 aromatic carbocycles. The molecule has 0 unspecified atom stereocenters. The van der Waals surface area contributed by atoms with Gasteiger partial charge in [-0.25, -0.2) is 0 Å². The summed E-state index contributed by atoms with van der Waals surface area (Å²) in [4.78, 5) is 25.1. The lowest BCUT2D eigenvalue weighted by Gasteiger charge is -2.21. The lowest BCUT2D eigenvalue weighted by Crippen LogP contribution is -2.25.